The summed E-state index contributed by atoms with van der Waals surface area (Å²) in [6.45, 7) is 0. The molecule has 0 spiro atoms. The van der Waals surface area contributed by atoms with Crippen molar-refractivity contribution in [1.82, 2.24) is 4.98 Å². The fourth-order valence-electron chi connectivity index (χ4n) is 2.29. The van der Waals surface area contributed by atoms with Crippen LogP contribution in [0.1, 0.15) is 0 Å². The van der Waals surface area contributed by atoms with Crippen LogP contribution in [0.5, 0.6) is 5.75 Å². The molecular weight excluding hydrogens is 278 g/mol. The Hall–Kier alpha value is -3.29. The van der Waals surface area contributed by atoms with Gasteiger partial charge in [0.2, 0.25) is 5.75 Å². The van der Waals surface area contributed by atoms with Crippen molar-refractivity contribution in [2.45, 2.75) is 0 Å². The topological polar surface area (TPSA) is 119 Å². The number of nitro benzene ring substituents is 2. The highest BCUT2D eigenvalue weighted by Crippen LogP contribution is 2.43. The van der Waals surface area contributed by atoms with Crippen molar-refractivity contribution in [3.05, 3.63) is 56.8 Å². The molecule has 0 fully saturated rings. The Bertz CT molecular complexity index is 922. The van der Waals surface area contributed by atoms with E-state index < -0.39 is 27.0 Å². The van der Waals surface area contributed by atoms with Gasteiger partial charge in [0.25, 0.3) is 0 Å². The van der Waals surface area contributed by atoms with Crippen LogP contribution in [0.3, 0.4) is 0 Å². The van der Waals surface area contributed by atoms with E-state index in [0.29, 0.717) is 10.8 Å². The van der Waals surface area contributed by atoms with Crippen LogP contribution in [0.25, 0.3) is 21.7 Å². The Morgan fingerprint density at radius 2 is 1.81 bits per heavy atom. The van der Waals surface area contributed by atoms with Crippen molar-refractivity contribution in [2.75, 3.05) is 0 Å². The van der Waals surface area contributed by atoms with Crippen LogP contribution in [0.4, 0.5) is 11.4 Å². The Labute approximate surface area is 116 Å². The van der Waals surface area contributed by atoms with Crippen LogP contribution < -0.4 is 0 Å². The van der Waals surface area contributed by atoms with Gasteiger partial charge >= 0.3 is 11.4 Å². The van der Waals surface area contributed by atoms with Gasteiger partial charge in [-0.2, -0.15) is 0 Å². The van der Waals surface area contributed by atoms with Crippen LogP contribution in [-0.4, -0.2) is 19.9 Å². The van der Waals surface area contributed by atoms with E-state index in [9.17, 15) is 25.3 Å². The zero-order chi connectivity index (χ0) is 15.1. The quantitative estimate of drug-likeness (QED) is 0.439. The fourth-order valence-corrected chi connectivity index (χ4v) is 2.29. The van der Waals surface area contributed by atoms with E-state index >= 15 is 0 Å². The molecule has 21 heavy (non-hydrogen) atoms. The summed E-state index contributed by atoms with van der Waals surface area (Å²) in [6, 6.07) is 7.85. The standard InChI is InChI=1S/C13H7N3O5/c17-13-11-8-4-2-1-3-7(8)6-14-9(11)5-10(15(18)19)12(13)16(20)21/h1-6,17H. The summed E-state index contributed by atoms with van der Waals surface area (Å²) < 4.78 is 0. The zero-order valence-electron chi connectivity index (χ0n) is 10.4. The Morgan fingerprint density at radius 1 is 1.10 bits per heavy atom. The summed E-state index contributed by atoms with van der Waals surface area (Å²) in [5.41, 5.74) is -1.58. The van der Waals surface area contributed by atoms with E-state index in [1.807, 2.05) is 0 Å². The minimum absolute atomic E-state index is 0.128. The fraction of sp³-hybridized carbons (Fsp3) is 0. The molecule has 0 aliphatic rings. The summed E-state index contributed by atoms with van der Waals surface area (Å²) in [7, 11) is 0. The van der Waals surface area contributed by atoms with Crippen LogP contribution in [-0.2, 0) is 0 Å². The smallest absolute Gasteiger partial charge is 0.387 e. The third kappa shape index (κ3) is 1.81. The van der Waals surface area contributed by atoms with Crippen molar-refractivity contribution in [2.24, 2.45) is 0 Å². The third-order valence-corrected chi connectivity index (χ3v) is 3.19. The molecule has 3 rings (SSSR count). The van der Waals surface area contributed by atoms with E-state index in [2.05, 4.69) is 4.98 Å². The van der Waals surface area contributed by atoms with E-state index in [4.69, 9.17) is 0 Å². The number of aromatic nitrogens is 1. The van der Waals surface area contributed by atoms with Gasteiger partial charge < -0.3 is 5.11 Å². The Kier molecular flexibility index (Phi) is 2.65. The Morgan fingerprint density at radius 3 is 2.48 bits per heavy atom. The SMILES string of the molecule is O=[N+]([O-])c1cc2ncc3ccccc3c2c(O)c1[N+](=O)[O-]. The lowest BCUT2D eigenvalue weighted by Crippen LogP contribution is -1.98. The van der Waals surface area contributed by atoms with Gasteiger partial charge in [0.1, 0.15) is 0 Å². The lowest BCUT2D eigenvalue weighted by atomic mass is 10.0. The summed E-state index contributed by atoms with van der Waals surface area (Å²) in [5.74, 6) is -0.742. The molecule has 0 amide bonds. The van der Waals surface area contributed by atoms with E-state index in [1.54, 1.807) is 24.3 Å². The number of phenols is 1. The van der Waals surface area contributed by atoms with Crippen LogP contribution in [0.15, 0.2) is 36.5 Å². The number of benzene rings is 2. The highest BCUT2D eigenvalue weighted by Gasteiger charge is 2.32. The molecule has 0 aliphatic heterocycles. The highest BCUT2D eigenvalue weighted by atomic mass is 16.6. The molecule has 104 valence electrons. The van der Waals surface area contributed by atoms with Gasteiger partial charge in [0, 0.05) is 11.6 Å². The van der Waals surface area contributed by atoms with E-state index in [-0.39, 0.29) is 10.9 Å². The maximum atomic E-state index is 11.0. The second kappa shape index (κ2) is 4.37. The molecule has 0 unspecified atom stereocenters. The number of hydrogen-bond acceptors (Lipinski definition) is 6. The molecule has 1 heterocycles. The number of pyridine rings is 1. The number of phenolic OH excluding ortho intramolecular Hbond substituents is 1. The largest absolute Gasteiger partial charge is 0.501 e. The monoisotopic (exact) mass is 285 g/mol. The number of aromatic hydroxyl groups is 1. The van der Waals surface area contributed by atoms with E-state index in [1.165, 1.54) is 6.20 Å². The van der Waals surface area contributed by atoms with Gasteiger partial charge in [0.15, 0.2) is 0 Å². The first-order valence-electron chi connectivity index (χ1n) is 5.83. The van der Waals surface area contributed by atoms with Gasteiger partial charge in [-0.15, -0.1) is 0 Å². The second-order valence-electron chi connectivity index (χ2n) is 4.35. The van der Waals surface area contributed by atoms with Crippen LogP contribution in [0, 0.1) is 20.2 Å². The van der Waals surface area contributed by atoms with Gasteiger partial charge in [-0.1, -0.05) is 24.3 Å². The number of hydrogen-bond donors (Lipinski definition) is 1. The molecule has 0 bridgehead atoms. The summed E-state index contributed by atoms with van der Waals surface area (Å²) in [6.07, 6.45) is 1.49. The second-order valence-corrected chi connectivity index (χ2v) is 4.35. The van der Waals surface area contributed by atoms with Crippen molar-refractivity contribution in [3.8, 4) is 5.75 Å². The average molecular weight is 285 g/mol. The van der Waals surface area contributed by atoms with Crippen LogP contribution >= 0.6 is 0 Å². The van der Waals surface area contributed by atoms with Crippen LogP contribution in [0.2, 0.25) is 0 Å². The number of rotatable bonds is 2. The predicted molar refractivity (Wildman–Crippen MR) is 74.2 cm³/mol. The average Bonchev–Trinajstić information content (AvgIpc) is 2.45. The zero-order valence-corrected chi connectivity index (χ0v) is 10.4. The van der Waals surface area contributed by atoms with Crippen molar-refractivity contribution >= 4 is 33.1 Å². The molecule has 8 nitrogen and oxygen atoms in total. The highest BCUT2D eigenvalue weighted by molar-refractivity contribution is 6.11. The van der Waals surface area contributed by atoms with Crippen molar-refractivity contribution in [1.29, 1.82) is 0 Å². The summed E-state index contributed by atoms with van der Waals surface area (Å²) in [4.78, 5) is 24.1. The molecule has 8 heteroatoms. The van der Waals surface area contributed by atoms with Gasteiger partial charge in [-0.25, -0.2) is 0 Å². The molecule has 0 saturated heterocycles. The minimum atomic E-state index is -0.964. The van der Waals surface area contributed by atoms with E-state index in [0.717, 1.165) is 6.07 Å². The molecule has 0 radical (unpaired) electrons. The summed E-state index contributed by atoms with van der Waals surface area (Å²) in [5, 5.41) is 33.5. The molecule has 0 aliphatic carbocycles. The lowest BCUT2D eigenvalue weighted by Gasteiger charge is -2.06. The first-order chi connectivity index (χ1) is 10.0. The minimum Gasteiger partial charge on any atom is -0.501 e. The maximum absolute atomic E-state index is 11.0. The first kappa shape index (κ1) is 12.7. The lowest BCUT2D eigenvalue weighted by molar-refractivity contribution is -0.422. The molecule has 1 aromatic heterocycles. The molecule has 3 aromatic rings. The van der Waals surface area contributed by atoms with Gasteiger partial charge in [-0.3, -0.25) is 25.2 Å². The number of fused-ring (bicyclic) bond motifs is 3. The van der Waals surface area contributed by atoms with Crippen molar-refractivity contribution in [3.63, 3.8) is 0 Å². The summed E-state index contributed by atoms with van der Waals surface area (Å²) >= 11 is 0. The van der Waals surface area contributed by atoms with Gasteiger partial charge in [0.05, 0.1) is 26.8 Å². The van der Waals surface area contributed by atoms with Gasteiger partial charge in [-0.05, 0) is 5.39 Å². The maximum Gasteiger partial charge on any atom is 0.387 e. The molecular formula is C13H7N3O5. The molecule has 0 atom stereocenters. The first-order valence-corrected chi connectivity index (χ1v) is 5.83. The molecule has 0 saturated carbocycles. The number of nitro groups is 2. The Balaban J connectivity index is 2.57. The molecule has 1 N–H and O–H groups in total. The molecule has 2 aromatic carbocycles. The number of nitrogens with zero attached hydrogens (tertiary/aromatic N) is 3. The van der Waals surface area contributed by atoms with Crippen molar-refractivity contribution < 1.29 is 15.0 Å². The third-order valence-electron chi connectivity index (χ3n) is 3.19. The predicted octanol–water partition coefficient (Wildman–Crippen LogP) is 2.91. The normalized spacial score (nSPS) is 10.9.